The van der Waals surface area contributed by atoms with E-state index in [1.54, 1.807) is 31.4 Å². The van der Waals surface area contributed by atoms with Crippen LogP contribution in [0.2, 0.25) is 5.02 Å². The quantitative estimate of drug-likeness (QED) is 0.411. The first-order valence-electron chi connectivity index (χ1n) is 8.05. The molecule has 7 heteroatoms. The first kappa shape index (κ1) is 18.4. The summed E-state index contributed by atoms with van der Waals surface area (Å²) in [5.41, 5.74) is 3.25. The number of carbonyl (C=O) groups excluding carboxylic acids is 2. The number of hydrogen-bond acceptors (Lipinski definition) is 4. The molecule has 27 heavy (non-hydrogen) atoms. The van der Waals surface area contributed by atoms with Crippen molar-refractivity contribution in [3.63, 3.8) is 0 Å². The predicted octanol–water partition coefficient (Wildman–Crippen LogP) is 3.59. The molecule has 0 unspecified atom stereocenters. The van der Waals surface area contributed by atoms with Gasteiger partial charge in [-0.25, -0.2) is 5.43 Å². The summed E-state index contributed by atoms with van der Waals surface area (Å²) < 4.78 is 5.35. The molecular weight excluding hydrogens is 366 g/mol. The summed E-state index contributed by atoms with van der Waals surface area (Å²) in [4.78, 5) is 23.9. The summed E-state index contributed by atoms with van der Waals surface area (Å²) in [6.45, 7) is 0. The Balaban J connectivity index is 1.74. The number of methoxy groups -OCH3 is 1. The second kappa shape index (κ2) is 8.33. The van der Waals surface area contributed by atoms with Gasteiger partial charge in [0.25, 0.3) is 0 Å². The lowest BCUT2D eigenvalue weighted by Gasteiger charge is -2.08. The number of hydrogen-bond donors (Lipinski definition) is 2. The van der Waals surface area contributed by atoms with E-state index < -0.39 is 11.8 Å². The van der Waals surface area contributed by atoms with E-state index in [1.807, 2.05) is 36.4 Å². The van der Waals surface area contributed by atoms with Crippen molar-refractivity contribution >= 4 is 46.1 Å². The smallest absolute Gasteiger partial charge is 0.329 e. The summed E-state index contributed by atoms with van der Waals surface area (Å²) in [7, 11) is 1.55. The van der Waals surface area contributed by atoms with Crippen LogP contribution in [0, 0.1) is 0 Å². The van der Waals surface area contributed by atoms with Crippen molar-refractivity contribution in [2.75, 3.05) is 12.4 Å². The van der Waals surface area contributed by atoms with Gasteiger partial charge in [-0.15, -0.1) is 0 Å². The first-order valence-corrected chi connectivity index (χ1v) is 8.42. The zero-order valence-electron chi connectivity index (χ0n) is 14.4. The van der Waals surface area contributed by atoms with Gasteiger partial charge in [-0.1, -0.05) is 54.1 Å². The van der Waals surface area contributed by atoms with Crippen LogP contribution in [0.15, 0.2) is 65.8 Å². The van der Waals surface area contributed by atoms with Crippen LogP contribution in [0.1, 0.15) is 5.56 Å². The molecule has 0 spiro atoms. The SMILES string of the molecule is COc1ccc2ccccc2c1/C=N\NC(=O)C(=O)Nc1ccccc1Cl. The van der Waals surface area contributed by atoms with E-state index >= 15 is 0 Å². The number of benzene rings is 3. The highest BCUT2D eigenvalue weighted by Gasteiger charge is 2.14. The van der Waals surface area contributed by atoms with Crippen LogP contribution in [-0.4, -0.2) is 25.1 Å². The van der Waals surface area contributed by atoms with Gasteiger partial charge in [0, 0.05) is 5.56 Å². The molecular formula is C20H16ClN3O3. The lowest BCUT2D eigenvalue weighted by molar-refractivity contribution is -0.136. The van der Waals surface area contributed by atoms with Gasteiger partial charge in [-0.05, 0) is 29.0 Å². The third-order valence-corrected chi connectivity index (χ3v) is 4.17. The number of hydrazone groups is 1. The average molecular weight is 382 g/mol. The fraction of sp³-hybridized carbons (Fsp3) is 0.0500. The van der Waals surface area contributed by atoms with Crippen molar-refractivity contribution in [3.8, 4) is 5.75 Å². The van der Waals surface area contributed by atoms with Gasteiger partial charge in [0.2, 0.25) is 0 Å². The molecule has 0 saturated heterocycles. The number of ether oxygens (including phenoxy) is 1. The van der Waals surface area contributed by atoms with E-state index in [9.17, 15) is 9.59 Å². The van der Waals surface area contributed by atoms with Crippen LogP contribution < -0.4 is 15.5 Å². The van der Waals surface area contributed by atoms with Crippen molar-refractivity contribution in [2.45, 2.75) is 0 Å². The molecule has 2 amide bonds. The molecule has 0 heterocycles. The maximum atomic E-state index is 12.0. The van der Waals surface area contributed by atoms with Crippen LogP contribution in [0.4, 0.5) is 5.69 Å². The number of halogens is 1. The zero-order valence-corrected chi connectivity index (χ0v) is 15.2. The Hall–Kier alpha value is -3.38. The van der Waals surface area contributed by atoms with E-state index in [2.05, 4.69) is 15.8 Å². The Kier molecular flexibility index (Phi) is 5.68. The highest BCUT2D eigenvalue weighted by atomic mass is 35.5. The number of para-hydroxylation sites is 1. The molecule has 0 fully saturated rings. The summed E-state index contributed by atoms with van der Waals surface area (Å²) in [6.07, 6.45) is 1.45. The lowest BCUT2D eigenvalue weighted by atomic mass is 10.0. The minimum Gasteiger partial charge on any atom is -0.496 e. The number of nitrogens with zero attached hydrogens (tertiary/aromatic N) is 1. The molecule has 0 radical (unpaired) electrons. The Morgan fingerprint density at radius 2 is 1.74 bits per heavy atom. The molecule has 0 bridgehead atoms. The fourth-order valence-electron chi connectivity index (χ4n) is 2.53. The molecule has 136 valence electrons. The third kappa shape index (κ3) is 4.24. The van der Waals surface area contributed by atoms with E-state index in [0.717, 1.165) is 10.8 Å². The van der Waals surface area contributed by atoms with Crippen molar-refractivity contribution in [3.05, 3.63) is 71.2 Å². The summed E-state index contributed by atoms with van der Waals surface area (Å²) in [5.74, 6) is -1.18. The summed E-state index contributed by atoms with van der Waals surface area (Å²) in [6, 6.07) is 18.1. The van der Waals surface area contributed by atoms with Crippen molar-refractivity contribution in [2.24, 2.45) is 5.10 Å². The molecule has 3 aromatic rings. The highest BCUT2D eigenvalue weighted by Crippen LogP contribution is 2.26. The summed E-state index contributed by atoms with van der Waals surface area (Å²) >= 11 is 5.96. The summed E-state index contributed by atoms with van der Waals surface area (Å²) in [5, 5.41) is 8.57. The van der Waals surface area contributed by atoms with Crippen LogP contribution in [-0.2, 0) is 9.59 Å². The molecule has 0 aromatic heterocycles. The molecule has 0 aliphatic carbocycles. The topological polar surface area (TPSA) is 79.8 Å². The molecule has 0 saturated carbocycles. The number of fused-ring (bicyclic) bond motifs is 1. The standard InChI is InChI=1S/C20H16ClN3O3/c1-27-18-11-10-13-6-2-3-7-14(13)15(18)12-22-24-20(26)19(25)23-17-9-5-4-8-16(17)21/h2-12H,1H3,(H,23,25)(H,24,26)/b22-12-. The molecule has 0 aliphatic heterocycles. The predicted molar refractivity (Wildman–Crippen MR) is 106 cm³/mol. The van der Waals surface area contributed by atoms with Crippen LogP contribution in [0.3, 0.4) is 0 Å². The number of carbonyl (C=O) groups is 2. The van der Waals surface area contributed by atoms with E-state index in [-0.39, 0.29) is 0 Å². The van der Waals surface area contributed by atoms with Gasteiger partial charge >= 0.3 is 11.8 Å². The normalized spacial score (nSPS) is 10.7. The van der Waals surface area contributed by atoms with Crippen molar-refractivity contribution in [1.29, 1.82) is 0 Å². The van der Waals surface area contributed by atoms with Gasteiger partial charge in [0.1, 0.15) is 5.75 Å². The Bertz CT molecular complexity index is 1030. The largest absolute Gasteiger partial charge is 0.496 e. The number of anilines is 1. The third-order valence-electron chi connectivity index (χ3n) is 3.84. The Morgan fingerprint density at radius 3 is 2.52 bits per heavy atom. The maximum Gasteiger partial charge on any atom is 0.329 e. The second-order valence-corrected chi connectivity index (χ2v) is 5.94. The molecule has 3 aromatic carbocycles. The second-order valence-electron chi connectivity index (χ2n) is 5.54. The Morgan fingerprint density at radius 1 is 1.00 bits per heavy atom. The maximum absolute atomic E-state index is 12.0. The zero-order chi connectivity index (χ0) is 19.2. The van der Waals surface area contributed by atoms with E-state index in [4.69, 9.17) is 16.3 Å². The van der Waals surface area contributed by atoms with Crippen molar-refractivity contribution in [1.82, 2.24) is 5.43 Å². The van der Waals surface area contributed by atoms with Gasteiger partial charge in [-0.3, -0.25) is 9.59 Å². The number of amides is 2. The van der Waals surface area contributed by atoms with Crippen molar-refractivity contribution < 1.29 is 14.3 Å². The van der Waals surface area contributed by atoms with Gasteiger partial charge in [-0.2, -0.15) is 5.10 Å². The molecule has 0 atom stereocenters. The van der Waals surface area contributed by atoms with E-state index in [0.29, 0.717) is 22.0 Å². The van der Waals surface area contributed by atoms with Gasteiger partial charge < -0.3 is 10.1 Å². The first-order chi connectivity index (χ1) is 13.1. The molecule has 2 N–H and O–H groups in total. The minimum absolute atomic E-state index is 0.336. The Labute approximate surface area is 160 Å². The monoisotopic (exact) mass is 381 g/mol. The average Bonchev–Trinajstić information content (AvgIpc) is 2.69. The van der Waals surface area contributed by atoms with Gasteiger partial charge in [0.15, 0.2) is 0 Å². The van der Waals surface area contributed by atoms with Crippen LogP contribution >= 0.6 is 11.6 Å². The molecule has 6 nitrogen and oxygen atoms in total. The molecule has 3 rings (SSSR count). The van der Waals surface area contributed by atoms with Crippen LogP contribution in [0.5, 0.6) is 5.75 Å². The van der Waals surface area contributed by atoms with E-state index in [1.165, 1.54) is 6.21 Å². The van der Waals surface area contributed by atoms with Crippen LogP contribution in [0.25, 0.3) is 10.8 Å². The van der Waals surface area contributed by atoms with Gasteiger partial charge in [0.05, 0.1) is 24.0 Å². The lowest BCUT2D eigenvalue weighted by Crippen LogP contribution is -2.32. The molecule has 0 aliphatic rings. The number of rotatable bonds is 4. The minimum atomic E-state index is -0.912. The highest BCUT2D eigenvalue weighted by molar-refractivity contribution is 6.41. The number of nitrogens with one attached hydrogen (secondary N) is 2. The fourth-order valence-corrected chi connectivity index (χ4v) is 2.72.